The van der Waals surface area contributed by atoms with Gasteiger partial charge in [0.1, 0.15) is 5.82 Å². The molecule has 5 nitrogen and oxygen atoms in total. The molecule has 5 heteroatoms. The van der Waals surface area contributed by atoms with Crippen molar-refractivity contribution < 1.29 is 9.90 Å². The van der Waals surface area contributed by atoms with E-state index in [-0.39, 0.29) is 6.04 Å². The number of carboxylic acid groups (broad SMARTS) is 1. The molecule has 0 amide bonds. The van der Waals surface area contributed by atoms with Crippen LogP contribution in [-0.2, 0) is 4.79 Å². The summed E-state index contributed by atoms with van der Waals surface area (Å²) in [4.78, 5) is 16.7. The molecule has 0 aromatic carbocycles. The topological polar surface area (TPSA) is 77.2 Å². The molecule has 1 aromatic heterocycles. The number of aromatic nitrogens is 1. The predicted octanol–water partition coefficient (Wildman–Crippen LogP) is 2.23. The largest absolute Gasteiger partial charge is 0.478 e. The maximum atomic E-state index is 10.4. The van der Waals surface area contributed by atoms with E-state index in [1.165, 1.54) is 6.08 Å². The van der Waals surface area contributed by atoms with Gasteiger partial charge in [-0.25, -0.2) is 9.78 Å². The quantitative estimate of drug-likeness (QED) is 0.820. The Bertz CT molecular complexity index is 532. The summed E-state index contributed by atoms with van der Waals surface area (Å²) in [5, 5.41) is 17.3. The zero-order valence-corrected chi connectivity index (χ0v) is 11.3. The van der Waals surface area contributed by atoms with E-state index in [1.807, 2.05) is 31.9 Å². The van der Waals surface area contributed by atoms with Gasteiger partial charge in [0, 0.05) is 25.4 Å². The molecule has 19 heavy (non-hydrogen) atoms. The normalized spacial score (nSPS) is 12.1. The Morgan fingerprint density at radius 3 is 2.89 bits per heavy atom. The molecular weight excluding hydrogens is 242 g/mol. The Hall–Kier alpha value is -2.35. The van der Waals surface area contributed by atoms with Crippen molar-refractivity contribution in [1.29, 1.82) is 5.26 Å². The third kappa shape index (κ3) is 4.11. The zero-order chi connectivity index (χ0) is 14.4. The van der Waals surface area contributed by atoms with Crippen molar-refractivity contribution in [3.8, 4) is 6.07 Å². The van der Waals surface area contributed by atoms with Crippen molar-refractivity contribution in [2.24, 2.45) is 0 Å². The molecule has 0 spiro atoms. The number of nitriles is 1. The molecular formula is C14H17N3O2. The molecule has 1 N–H and O–H groups in total. The number of anilines is 1. The standard InChI is InChI=1S/C14H17N3O2/c1-10-8-12(4-5-13(18)19)9-16-14(10)17(3)11(2)6-7-15/h4-5,8-9,11H,6H2,1-3H3,(H,18,19)/b5-4+. The highest BCUT2D eigenvalue weighted by Gasteiger charge is 2.13. The predicted molar refractivity (Wildman–Crippen MR) is 73.7 cm³/mol. The average molecular weight is 259 g/mol. The van der Waals surface area contributed by atoms with E-state index in [0.717, 1.165) is 23.0 Å². The number of pyridine rings is 1. The van der Waals surface area contributed by atoms with Crippen LogP contribution < -0.4 is 4.90 Å². The lowest BCUT2D eigenvalue weighted by molar-refractivity contribution is -0.131. The molecule has 0 fully saturated rings. The molecule has 1 rings (SSSR count). The first kappa shape index (κ1) is 14.7. The van der Waals surface area contributed by atoms with Crippen molar-refractivity contribution in [3.05, 3.63) is 29.5 Å². The van der Waals surface area contributed by atoms with Gasteiger partial charge in [-0.3, -0.25) is 0 Å². The lowest BCUT2D eigenvalue weighted by Crippen LogP contribution is -2.29. The van der Waals surface area contributed by atoms with Crippen LogP contribution in [0.25, 0.3) is 6.08 Å². The summed E-state index contributed by atoms with van der Waals surface area (Å²) in [6.45, 7) is 3.87. The van der Waals surface area contributed by atoms with Gasteiger partial charge in [0.2, 0.25) is 0 Å². The fourth-order valence-corrected chi connectivity index (χ4v) is 1.70. The fourth-order valence-electron chi connectivity index (χ4n) is 1.70. The van der Waals surface area contributed by atoms with Crippen LogP contribution in [0.2, 0.25) is 0 Å². The van der Waals surface area contributed by atoms with Gasteiger partial charge in [0.15, 0.2) is 0 Å². The van der Waals surface area contributed by atoms with Crippen LogP contribution in [-0.4, -0.2) is 29.1 Å². The summed E-state index contributed by atoms with van der Waals surface area (Å²) in [6, 6.07) is 4.09. The Balaban J connectivity index is 2.94. The lowest BCUT2D eigenvalue weighted by Gasteiger charge is -2.25. The van der Waals surface area contributed by atoms with Crippen LogP contribution in [0.4, 0.5) is 5.82 Å². The minimum atomic E-state index is -0.985. The number of carbonyl (C=O) groups is 1. The van der Waals surface area contributed by atoms with Crippen molar-refractivity contribution in [1.82, 2.24) is 4.98 Å². The second-order valence-corrected chi connectivity index (χ2v) is 4.40. The molecule has 0 aliphatic carbocycles. The molecule has 100 valence electrons. The Morgan fingerprint density at radius 2 is 2.37 bits per heavy atom. The van der Waals surface area contributed by atoms with Crippen LogP contribution in [0.1, 0.15) is 24.5 Å². The number of carboxylic acids is 1. The molecule has 1 heterocycles. The van der Waals surface area contributed by atoms with Gasteiger partial charge >= 0.3 is 5.97 Å². The van der Waals surface area contributed by atoms with Crippen LogP contribution in [0.3, 0.4) is 0 Å². The van der Waals surface area contributed by atoms with E-state index < -0.39 is 5.97 Å². The monoisotopic (exact) mass is 259 g/mol. The zero-order valence-electron chi connectivity index (χ0n) is 11.3. The van der Waals surface area contributed by atoms with Crippen molar-refractivity contribution in [3.63, 3.8) is 0 Å². The van der Waals surface area contributed by atoms with Gasteiger partial charge in [-0.2, -0.15) is 5.26 Å². The average Bonchev–Trinajstić information content (AvgIpc) is 2.36. The minimum Gasteiger partial charge on any atom is -0.478 e. The van der Waals surface area contributed by atoms with E-state index in [0.29, 0.717) is 6.42 Å². The molecule has 0 aliphatic rings. The first-order valence-electron chi connectivity index (χ1n) is 5.93. The number of hydrogen-bond donors (Lipinski definition) is 1. The van der Waals surface area contributed by atoms with Gasteiger partial charge in [-0.1, -0.05) is 0 Å². The number of nitrogens with zero attached hydrogens (tertiary/aromatic N) is 3. The van der Waals surface area contributed by atoms with Gasteiger partial charge in [0.25, 0.3) is 0 Å². The first-order valence-corrected chi connectivity index (χ1v) is 5.93. The number of aliphatic carboxylic acids is 1. The smallest absolute Gasteiger partial charge is 0.328 e. The summed E-state index contributed by atoms with van der Waals surface area (Å²) in [5.41, 5.74) is 1.69. The Kier molecular flexibility index (Phi) is 5.07. The molecule has 1 aromatic rings. The highest BCUT2D eigenvalue weighted by Crippen LogP contribution is 2.20. The van der Waals surface area contributed by atoms with Crippen molar-refractivity contribution >= 4 is 17.9 Å². The fraction of sp³-hybridized carbons (Fsp3) is 0.357. The molecule has 0 saturated carbocycles. The van der Waals surface area contributed by atoms with Gasteiger partial charge in [-0.15, -0.1) is 0 Å². The van der Waals surface area contributed by atoms with Crippen LogP contribution in [0.15, 0.2) is 18.3 Å². The number of aryl methyl sites for hydroxylation is 1. The van der Waals surface area contributed by atoms with Crippen LogP contribution in [0, 0.1) is 18.3 Å². The first-order chi connectivity index (χ1) is 8.95. The number of rotatable bonds is 5. The highest BCUT2D eigenvalue weighted by molar-refractivity contribution is 5.85. The van der Waals surface area contributed by atoms with Gasteiger partial charge in [-0.05, 0) is 37.1 Å². The molecule has 0 aliphatic heterocycles. The van der Waals surface area contributed by atoms with Gasteiger partial charge < -0.3 is 10.0 Å². The van der Waals surface area contributed by atoms with Crippen LogP contribution in [0.5, 0.6) is 0 Å². The maximum Gasteiger partial charge on any atom is 0.328 e. The molecule has 1 atom stereocenters. The van der Waals surface area contributed by atoms with Crippen LogP contribution >= 0.6 is 0 Å². The summed E-state index contributed by atoms with van der Waals surface area (Å²) >= 11 is 0. The molecule has 0 bridgehead atoms. The Labute approximate surface area is 112 Å². The van der Waals surface area contributed by atoms with E-state index in [4.69, 9.17) is 10.4 Å². The highest BCUT2D eigenvalue weighted by atomic mass is 16.4. The lowest BCUT2D eigenvalue weighted by atomic mass is 10.1. The van der Waals surface area contributed by atoms with E-state index >= 15 is 0 Å². The van der Waals surface area contributed by atoms with E-state index in [9.17, 15) is 4.79 Å². The third-order valence-corrected chi connectivity index (χ3v) is 2.87. The second kappa shape index (κ2) is 6.55. The van der Waals surface area contributed by atoms with Crippen molar-refractivity contribution in [2.45, 2.75) is 26.3 Å². The minimum absolute atomic E-state index is 0.0802. The molecule has 1 unspecified atom stereocenters. The third-order valence-electron chi connectivity index (χ3n) is 2.87. The number of hydrogen-bond acceptors (Lipinski definition) is 4. The van der Waals surface area contributed by atoms with Crippen molar-refractivity contribution in [2.75, 3.05) is 11.9 Å². The van der Waals surface area contributed by atoms with E-state index in [2.05, 4.69) is 11.1 Å². The van der Waals surface area contributed by atoms with E-state index in [1.54, 1.807) is 6.20 Å². The second-order valence-electron chi connectivity index (χ2n) is 4.40. The summed E-state index contributed by atoms with van der Waals surface area (Å²) in [5.74, 6) is -0.184. The molecule has 0 saturated heterocycles. The summed E-state index contributed by atoms with van der Waals surface area (Å²) in [7, 11) is 1.89. The maximum absolute atomic E-state index is 10.4. The Morgan fingerprint density at radius 1 is 1.68 bits per heavy atom. The SMILES string of the molecule is Cc1cc(/C=C/C(=O)O)cnc1N(C)C(C)CC#N. The molecule has 0 radical (unpaired) electrons. The van der Waals surface area contributed by atoms with Gasteiger partial charge in [0.05, 0.1) is 12.5 Å². The summed E-state index contributed by atoms with van der Waals surface area (Å²) in [6.07, 6.45) is 4.64. The summed E-state index contributed by atoms with van der Waals surface area (Å²) < 4.78 is 0.